The minimum Gasteiger partial charge on any atom is -0.325 e. The van der Waals surface area contributed by atoms with E-state index >= 15 is 0 Å². The normalized spacial score (nSPS) is 9.95. The zero-order valence-electron chi connectivity index (χ0n) is 12.3. The van der Waals surface area contributed by atoms with Gasteiger partial charge in [-0.1, -0.05) is 37.3 Å². The first-order valence-electron chi connectivity index (χ1n) is 7.01. The predicted molar refractivity (Wildman–Crippen MR) is 84.0 cm³/mol. The Kier molecular flexibility index (Phi) is 4.73. The van der Waals surface area contributed by atoms with E-state index in [0.29, 0.717) is 12.0 Å². The van der Waals surface area contributed by atoms with E-state index < -0.39 is 0 Å². The van der Waals surface area contributed by atoms with Crippen LogP contribution in [0.2, 0.25) is 0 Å². The molecule has 0 saturated carbocycles. The SMILES string of the molecule is CCc1cccc(C)c1NC(=O)Cc1ccc(C#N)cc1. The van der Waals surface area contributed by atoms with Gasteiger partial charge < -0.3 is 5.32 Å². The van der Waals surface area contributed by atoms with Gasteiger partial charge in [0.25, 0.3) is 0 Å². The van der Waals surface area contributed by atoms with Crippen molar-refractivity contribution >= 4 is 11.6 Å². The number of rotatable bonds is 4. The molecule has 0 aromatic heterocycles. The Morgan fingerprint density at radius 2 is 1.90 bits per heavy atom. The summed E-state index contributed by atoms with van der Waals surface area (Å²) in [7, 11) is 0. The van der Waals surface area contributed by atoms with Crippen LogP contribution < -0.4 is 5.32 Å². The van der Waals surface area contributed by atoms with Crippen molar-refractivity contribution in [2.75, 3.05) is 5.32 Å². The third-order valence-corrected chi connectivity index (χ3v) is 3.45. The average molecular weight is 278 g/mol. The first-order valence-corrected chi connectivity index (χ1v) is 7.01. The van der Waals surface area contributed by atoms with Gasteiger partial charge >= 0.3 is 0 Å². The molecule has 2 aromatic carbocycles. The monoisotopic (exact) mass is 278 g/mol. The van der Waals surface area contributed by atoms with Gasteiger partial charge in [-0.05, 0) is 42.2 Å². The maximum absolute atomic E-state index is 12.2. The second-order valence-electron chi connectivity index (χ2n) is 5.00. The molecule has 106 valence electrons. The van der Waals surface area contributed by atoms with Crippen molar-refractivity contribution in [3.63, 3.8) is 0 Å². The number of hydrogen-bond acceptors (Lipinski definition) is 2. The third-order valence-electron chi connectivity index (χ3n) is 3.45. The van der Waals surface area contributed by atoms with Crippen LogP contribution in [0, 0.1) is 18.3 Å². The fourth-order valence-electron chi connectivity index (χ4n) is 2.27. The Bertz CT molecular complexity index is 681. The van der Waals surface area contributed by atoms with E-state index in [4.69, 9.17) is 5.26 Å². The van der Waals surface area contributed by atoms with Crippen molar-refractivity contribution in [2.24, 2.45) is 0 Å². The summed E-state index contributed by atoms with van der Waals surface area (Å²) in [5.74, 6) is -0.0382. The molecule has 0 aliphatic rings. The van der Waals surface area contributed by atoms with Gasteiger partial charge in [0, 0.05) is 5.69 Å². The molecule has 0 bridgehead atoms. The molecule has 3 nitrogen and oxygen atoms in total. The van der Waals surface area contributed by atoms with Crippen LogP contribution in [0.1, 0.15) is 29.2 Å². The number of hydrogen-bond donors (Lipinski definition) is 1. The van der Waals surface area contributed by atoms with E-state index in [2.05, 4.69) is 18.3 Å². The lowest BCUT2D eigenvalue weighted by molar-refractivity contribution is -0.115. The van der Waals surface area contributed by atoms with E-state index in [1.54, 1.807) is 12.1 Å². The Hall–Kier alpha value is -2.60. The highest BCUT2D eigenvalue weighted by Gasteiger charge is 2.09. The summed E-state index contributed by atoms with van der Waals surface area (Å²) in [6, 6.07) is 15.2. The van der Waals surface area contributed by atoms with E-state index in [9.17, 15) is 4.79 Å². The van der Waals surface area contributed by atoms with Crippen LogP contribution >= 0.6 is 0 Å². The highest BCUT2D eigenvalue weighted by Crippen LogP contribution is 2.21. The fraction of sp³-hybridized carbons (Fsp3) is 0.222. The highest BCUT2D eigenvalue weighted by molar-refractivity contribution is 5.93. The van der Waals surface area contributed by atoms with Crippen LogP contribution in [-0.2, 0) is 17.6 Å². The molecule has 0 aliphatic heterocycles. The summed E-state index contributed by atoms with van der Waals surface area (Å²) in [6.45, 7) is 4.07. The number of benzene rings is 2. The highest BCUT2D eigenvalue weighted by atomic mass is 16.1. The van der Waals surface area contributed by atoms with Crippen LogP contribution in [0.15, 0.2) is 42.5 Å². The van der Waals surface area contributed by atoms with Gasteiger partial charge in [0.05, 0.1) is 18.1 Å². The zero-order valence-corrected chi connectivity index (χ0v) is 12.3. The number of nitrogens with one attached hydrogen (secondary N) is 1. The van der Waals surface area contributed by atoms with Crippen molar-refractivity contribution in [1.29, 1.82) is 5.26 Å². The molecule has 21 heavy (non-hydrogen) atoms. The second kappa shape index (κ2) is 6.71. The van der Waals surface area contributed by atoms with Gasteiger partial charge in [-0.25, -0.2) is 0 Å². The molecule has 0 spiro atoms. The Morgan fingerprint density at radius 1 is 1.19 bits per heavy atom. The number of carbonyl (C=O) groups is 1. The third kappa shape index (κ3) is 3.70. The number of nitriles is 1. The van der Waals surface area contributed by atoms with Crippen LogP contribution in [0.25, 0.3) is 0 Å². The number of aryl methyl sites for hydroxylation is 2. The van der Waals surface area contributed by atoms with Gasteiger partial charge in [-0.2, -0.15) is 5.26 Å². The van der Waals surface area contributed by atoms with Gasteiger partial charge in [-0.15, -0.1) is 0 Å². The van der Waals surface area contributed by atoms with E-state index in [0.717, 1.165) is 28.8 Å². The number of para-hydroxylation sites is 1. The second-order valence-corrected chi connectivity index (χ2v) is 5.00. The van der Waals surface area contributed by atoms with Crippen molar-refractivity contribution in [3.8, 4) is 6.07 Å². The molecule has 0 unspecified atom stereocenters. The molecule has 0 saturated heterocycles. The Labute approximate surface area is 125 Å². The zero-order chi connectivity index (χ0) is 15.2. The lowest BCUT2D eigenvalue weighted by Crippen LogP contribution is -2.16. The first kappa shape index (κ1) is 14.8. The maximum atomic E-state index is 12.2. The molecule has 0 aliphatic carbocycles. The fourth-order valence-corrected chi connectivity index (χ4v) is 2.27. The summed E-state index contributed by atoms with van der Waals surface area (Å²) >= 11 is 0. The summed E-state index contributed by atoms with van der Waals surface area (Å²) < 4.78 is 0. The lowest BCUT2D eigenvalue weighted by Gasteiger charge is -2.13. The van der Waals surface area contributed by atoms with Crippen LogP contribution in [0.4, 0.5) is 5.69 Å². The van der Waals surface area contributed by atoms with Crippen molar-refractivity contribution < 1.29 is 4.79 Å². The molecule has 0 atom stereocenters. The summed E-state index contributed by atoms with van der Waals surface area (Å²) in [5.41, 5.74) is 4.63. The van der Waals surface area contributed by atoms with E-state index in [-0.39, 0.29) is 5.91 Å². The number of carbonyl (C=O) groups excluding carboxylic acids is 1. The molecule has 0 radical (unpaired) electrons. The molecular weight excluding hydrogens is 260 g/mol. The van der Waals surface area contributed by atoms with Crippen molar-refractivity contribution in [3.05, 3.63) is 64.7 Å². The van der Waals surface area contributed by atoms with Crippen molar-refractivity contribution in [1.82, 2.24) is 0 Å². The van der Waals surface area contributed by atoms with Crippen LogP contribution in [0.3, 0.4) is 0 Å². The van der Waals surface area contributed by atoms with Gasteiger partial charge in [-0.3, -0.25) is 4.79 Å². The van der Waals surface area contributed by atoms with Gasteiger partial charge in [0.1, 0.15) is 0 Å². The molecule has 0 fully saturated rings. The summed E-state index contributed by atoms with van der Waals surface area (Å²) in [4.78, 5) is 12.2. The van der Waals surface area contributed by atoms with E-state index in [1.807, 2.05) is 37.3 Å². The maximum Gasteiger partial charge on any atom is 0.228 e. The lowest BCUT2D eigenvalue weighted by atomic mass is 10.0. The molecule has 2 rings (SSSR count). The smallest absolute Gasteiger partial charge is 0.228 e. The molecule has 0 heterocycles. The first-order chi connectivity index (χ1) is 10.1. The van der Waals surface area contributed by atoms with Crippen molar-refractivity contribution in [2.45, 2.75) is 26.7 Å². The predicted octanol–water partition coefficient (Wildman–Crippen LogP) is 3.61. The number of nitrogens with zero attached hydrogens (tertiary/aromatic N) is 1. The number of anilines is 1. The summed E-state index contributed by atoms with van der Waals surface area (Å²) in [6.07, 6.45) is 1.19. The molecule has 3 heteroatoms. The van der Waals surface area contributed by atoms with E-state index in [1.165, 1.54) is 0 Å². The van der Waals surface area contributed by atoms with Crippen LogP contribution in [-0.4, -0.2) is 5.91 Å². The Morgan fingerprint density at radius 3 is 2.52 bits per heavy atom. The topological polar surface area (TPSA) is 52.9 Å². The number of amides is 1. The summed E-state index contributed by atoms with van der Waals surface area (Å²) in [5, 5.41) is 11.8. The van der Waals surface area contributed by atoms with Gasteiger partial charge in [0.2, 0.25) is 5.91 Å². The minimum atomic E-state index is -0.0382. The van der Waals surface area contributed by atoms with Crippen LogP contribution in [0.5, 0.6) is 0 Å². The minimum absolute atomic E-state index is 0.0382. The molecule has 1 amide bonds. The molecule has 2 aromatic rings. The standard InChI is InChI=1S/C18H18N2O/c1-3-16-6-4-5-13(2)18(16)20-17(21)11-14-7-9-15(12-19)10-8-14/h4-10H,3,11H2,1-2H3,(H,20,21). The Balaban J connectivity index is 2.10. The molecule has 1 N–H and O–H groups in total. The van der Waals surface area contributed by atoms with Gasteiger partial charge in [0.15, 0.2) is 0 Å². The quantitative estimate of drug-likeness (QED) is 0.928. The molecular formula is C18H18N2O. The largest absolute Gasteiger partial charge is 0.325 e. The average Bonchev–Trinajstić information content (AvgIpc) is 2.50.